The van der Waals surface area contributed by atoms with Crippen molar-refractivity contribution in [1.29, 1.82) is 0 Å². The summed E-state index contributed by atoms with van der Waals surface area (Å²) in [5.74, 6) is 0. The fourth-order valence-electron chi connectivity index (χ4n) is 15.0. The highest BCUT2D eigenvalue weighted by Crippen LogP contribution is 2.66. The fraction of sp³-hybridized carbons (Fsp3) is 0.299. The Hall–Kier alpha value is -7.56. The van der Waals surface area contributed by atoms with E-state index in [4.69, 9.17) is 0 Å². The number of hydrogen-bond acceptors (Lipinski definition) is 3. The van der Waals surface area contributed by atoms with Crippen LogP contribution in [-0.4, -0.2) is 12.3 Å². The third-order valence-electron chi connectivity index (χ3n) is 20.1. The highest BCUT2D eigenvalue weighted by molar-refractivity contribution is 7.00. The van der Waals surface area contributed by atoms with Gasteiger partial charge in [-0.25, -0.2) is 0 Å². The van der Waals surface area contributed by atoms with Crippen LogP contribution < -0.4 is 31.1 Å². The molecule has 13 rings (SSSR count). The minimum absolute atomic E-state index is 0.0421. The number of hydrogen-bond donors (Lipinski definition) is 0. The van der Waals surface area contributed by atoms with Gasteiger partial charge in [0.15, 0.2) is 0 Å². The van der Waals surface area contributed by atoms with Crippen LogP contribution in [0, 0.1) is 5.41 Å². The summed E-state index contributed by atoms with van der Waals surface area (Å²) in [6.07, 6.45) is 4.69. The van der Waals surface area contributed by atoms with Crippen molar-refractivity contribution in [1.82, 2.24) is 0 Å². The quantitative estimate of drug-likeness (QED) is 0.154. The third kappa shape index (κ3) is 8.27. The highest BCUT2D eigenvalue weighted by Gasteiger charge is 2.62. The Morgan fingerprint density at radius 3 is 1.35 bits per heavy atom. The molecule has 0 amide bonds. The maximum Gasteiger partial charge on any atom is 0.252 e. The molecule has 1 fully saturated rings. The van der Waals surface area contributed by atoms with Gasteiger partial charge in [0.05, 0.1) is 11.4 Å². The molecule has 2 atom stereocenters. The van der Waals surface area contributed by atoms with Crippen LogP contribution in [-0.2, 0) is 21.7 Å². The molecule has 1 aliphatic carbocycles. The lowest BCUT2D eigenvalue weighted by molar-refractivity contribution is 0.0106. The highest BCUT2D eigenvalue weighted by atomic mass is 15.3. The van der Waals surface area contributed by atoms with Crippen LogP contribution in [0.2, 0.25) is 0 Å². The van der Waals surface area contributed by atoms with Crippen molar-refractivity contribution in [2.45, 2.75) is 143 Å². The van der Waals surface area contributed by atoms with Gasteiger partial charge in [0.1, 0.15) is 0 Å². The molecule has 406 valence electrons. The largest absolute Gasteiger partial charge is 0.335 e. The van der Waals surface area contributed by atoms with Crippen LogP contribution in [0.3, 0.4) is 0 Å². The standard InChI is InChI=1S/C77H80BN3/c1-72(2,3)55-37-41-64(59(46-55)52-29-19-15-20-30-52)79-67-45-54(51-27-17-14-18-28-51)35-39-62(67)78-63-40-36-57(74(7,8)9)48-68(63)80(65-42-38-56(73(4,5)6)47-60(65)53-31-21-16-22-32-53)70-50-58(49-69(79)71(70)78)81-66-34-24-23-33-61(66)75(10,11)76(12)43-25-26-44-77(76,81)13/h14-24,27-42,45-50H,25-26,43-44H2,1-13H3. The van der Waals surface area contributed by atoms with Gasteiger partial charge in [-0.1, -0.05) is 242 Å². The first-order valence-corrected chi connectivity index (χ1v) is 30.0. The molecule has 0 aromatic heterocycles. The van der Waals surface area contributed by atoms with Gasteiger partial charge in [0, 0.05) is 56.2 Å². The molecule has 0 radical (unpaired) electrons. The SMILES string of the molecule is CC(C)(C)c1ccc(N2c3cc(-c4ccccc4)ccc3B3c4ccc(C(C)(C)C)cc4N(c4ccc(C(C)(C)C)cc4-c4ccccc4)c4cc(N5c6ccccc6C(C)(C)C6(C)CCCCC56C)cc2c43)c(-c2ccccc2)c1. The van der Waals surface area contributed by atoms with Crippen LogP contribution in [0.1, 0.15) is 138 Å². The minimum atomic E-state index is -0.217. The van der Waals surface area contributed by atoms with E-state index in [1.54, 1.807) is 0 Å². The number of nitrogens with zero attached hydrogens (tertiary/aromatic N) is 3. The number of fused-ring (bicyclic) bond motifs is 6. The Balaban J connectivity index is 1.22. The first-order valence-electron chi connectivity index (χ1n) is 30.0. The smallest absolute Gasteiger partial charge is 0.252 e. The molecule has 0 bridgehead atoms. The maximum absolute atomic E-state index is 2.85. The molecule has 9 aromatic carbocycles. The molecule has 0 N–H and O–H groups in total. The van der Waals surface area contributed by atoms with Gasteiger partial charge >= 0.3 is 0 Å². The van der Waals surface area contributed by atoms with E-state index in [0.29, 0.717) is 0 Å². The van der Waals surface area contributed by atoms with Crippen molar-refractivity contribution in [2.24, 2.45) is 5.41 Å². The summed E-state index contributed by atoms with van der Waals surface area (Å²) >= 11 is 0. The topological polar surface area (TPSA) is 9.72 Å². The van der Waals surface area contributed by atoms with Crippen molar-refractivity contribution in [2.75, 3.05) is 14.7 Å². The first-order chi connectivity index (χ1) is 38.6. The minimum Gasteiger partial charge on any atom is -0.335 e. The monoisotopic (exact) mass is 1060 g/mol. The molecule has 9 aromatic rings. The third-order valence-corrected chi connectivity index (χ3v) is 20.1. The number of rotatable bonds is 6. The van der Waals surface area contributed by atoms with E-state index in [2.05, 4.69) is 305 Å². The lowest BCUT2D eigenvalue weighted by Crippen LogP contribution is -2.67. The molecule has 0 spiro atoms. The van der Waals surface area contributed by atoms with Crippen molar-refractivity contribution >= 4 is 68.6 Å². The van der Waals surface area contributed by atoms with Gasteiger partial charge in [0.25, 0.3) is 6.71 Å². The molecule has 3 aliphatic heterocycles. The Bertz CT molecular complexity index is 3910. The number of benzene rings is 9. The van der Waals surface area contributed by atoms with Gasteiger partial charge in [-0.3, -0.25) is 0 Å². The lowest BCUT2D eigenvalue weighted by atomic mass is 9.33. The molecule has 4 aliphatic rings. The van der Waals surface area contributed by atoms with Crippen LogP contribution in [0.4, 0.5) is 45.5 Å². The summed E-state index contributed by atoms with van der Waals surface area (Å²) in [4.78, 5) is 8.27. The molecule has 2 unspecified atom stereocenters. The second kappa shape index (κ2) is 18.7. The summed E-state index contributed by atoms with van der Waals surface area (Å²) < 4.78 is 0. The molecule has 0 saturated heterocycles. The Labute approximate surface area is 484 Å². The van der Waals surface area contributed by atoms with Gasteiger partial charge in [0.2, 0.25) is 0 Å². The zero-order valence-corrected chi connectivity index (χ0v) is 50.3. The van der Waals surface area contributed by atoms with Crippen molar-refractivity contribution in [3.05, 3.63) is 222 Å². The molecule has 3 nitrogen and oxygen atoms in total. The fourth-order valence-corrected chi connectivity index (χ4v) is 15.0. The average Bonchev–Trinajstić information content (AvgIpc) is 3.58. The van der Waals surface area contributed by atoms with E-state index in [1.165, 1.54) is 137 Å². The van der Waals surface area contributed by atoms with Gasteiger partial charge in [-0.2, -0.15) is 0 Å². The van der Waals surface area contributed by atoms with Crippen molar-refractivity contribution in [3.63, 3.8) is 0 Å². The summed E-state index contributed by atoms with van der Waals surface area (Å²) in [6, 6.07) is 77.6. The predicted molar refractivity (Wildman–Crippen MR) is 349 cm³/mol. The van der Waals surface area contributed by atoms with Crippen LogP contribution in [0.15, 0.2) is 200 Å². The van der Waals surface area contributed by atoms with E-state index < -0.39 is 0 Å². The molecule has 3 heterocycles. The van der Waals surface area contributed by atoms with Crippen molar-refractivity contribution < 1.29 is 0 Å². The number of anilines is 8. The van der Waals surface area contributed by atoms with E-state index in [-0.39, 0.29) is 39.3 Å². The molecular formula is C77H80BN3. The molecule has 1 saturated carbocycles. The lowest BCUT2D eigenvalue weighted by Gasteiger charge is -2.66. The summed E-state index contributed by atoms with van der Waals surface area (Å²) in [5.41, 5.74) is 25.9. The molecular weight excluding hydrogens is 978 g/mol. The van der Waals surface area contributed by atoms with E-state index in [9.17, 15) is 0 Å². The summed E-state index contributed by atoms with van der Waals surface area (Å²) in [6.45, 7) is 31.4. The Morgan fingerprint density at radius 1 is 0.370 bits per heavy atom. The second-order valence-corrected chi connectivity index (χ2v) is 28.2. The number of para-hydroxylation sites is 1. The molecule has 4 heteroatoms. The van der Waals surface area contributed by atoms with Crippen LogP contribution in [0.25, 0.3) is 33.4 Å². The summed E-state index contributed by atoms with van der Waals surface area (Å²) in [5, 5.41) is 0. The summed E-state index contributed by atoms with van der Waals surface area (Å²) in [7, 11) is 0. The van der Waals surface area contributed by atoms with Crippen LogP contribution in [0.5, 0.6) is 0 Å². The zero-order valence-electron chi connectivity index (χ0n) is 50.3. The van der Waals surface area contributed by atoms with E-state index in [0.717, 1.165) is 6.42 Å². The maximum atomic E-state index is 2.85. The average molecular weight is 1060 g/mol. The van der Waals surface area contributed by atoms with E-state index >= 15 is 0 Å². The Morgan fingerprint density at radius 2 is 0.815 bits per heavy atom. The molecule has 81 heavy (non-hydrogen) atoms. The van der Waals surface area contributed by atoms with Gasteiger partial charge in [-0.05, 0) is 157 Å². The first kappa shape index (κ1) is 52.8. The predicted octanol–water partition coefficient (Wildman–Crippen LogP) is 19.4. The van der Waals surface area contributed by atoms with Crippen molar-refractivity contribution in [3.8, 4) is 33.4 Å². The zero-order chi connectivity index (χ0) is 56.6. The Kier molecular flexibility index (Phi) is 12.2. The van der Waals surface area contributed by atoms with Gasteiger partial charge < -0.3 is 14.7 Å². The second-order valence-electron chi connectivity index (χ2n) is 28.2. The van der Waals surface area contributed by atoms with Crippen LogP contribution >= 0.6 is 0 Å². The normalized spacial score (nSPS) is 19.1. The van der Waals surface area contributed by atoms with E-state index in [1.807, 2.05) is 0 Å². The van der Waals surface area contributed by atoms with Gasteiger partial charge in [-0.15, -0.1) is 0 Å².